The van der Waals surface area contributed by atoms with Crippen molar-refractivity contribution in [1.82, 2.24) is 15.3 Å². The van der Waals surface area contributed by atoms with E-state index in [1.807, 2.05) is 9.24 Å². The minimum absolute atomic E-state index is 0.0132. The molecule has 13 heteroatoms. The number of hydrogen-bond acceptors (Lipinski definition) is 4. The Morgan fingerprint density at radius 1 is 1.05 bits per heavy atom. The number of nitrogens with zero attached hydrogens (tertiary/aromatic N) is 3. The van der Waals surface area contributed by atoms with E-state index in [1.54, 1.807) is 18.7 Å². The number of piperazine rings is 1. The van der Waals surface area contributed by atoms with Gasteiger partial charge in [0.25, 0.3) is 11.8 Å². The molecule has 2 aromatic carbocycles. The molecule has 1 heterocycles. The van der Waals surface area contributed by atoms with Crippen LogP contribution in [0.2, 0.25) is 0 Å². The Labute approximate surface area is 219 Å². The first-order valence-electron chi connectivity index (χ1n) is 11.9. The summed E-state index contributed by atoms with van der Waals surface area (Å²) >= 11 is 0. The number of urea groups is 1. The van der Waals surface area contributed by atoms with Crippen LogP contribution in [0.5, 0.6) is 0 Å². The van der Waals surface area contributed by atoms with Gasteiger partial charge in [-0.3, -0.25) is 19.8 Å². The SMILES string of the molecule is C[C@@H]1CN(C(=O)N(Cc2ccc(C(=O)NO)cc2)c2cccc(C(F)(F)F)c2)C[C@H](C)N1CC(F)(F)CP. The van der Waals surface area contributed by atoms with Crippen LogP contribution < -0.4 is 10.4 Å². The predicted molar refractivity (Wildman–Crippen MR) is 135 cm³/mol. The van der Waals surface area contributed by atoms with Gasteiger partial charge in [0.2, 0.25) is 0 Å². The van der Waals surface area contributed by atoms with Crippen molar-refractivity contribution in [3.63, 3.8) is 0 Å². The predicted octanol–water partition coefficient (Wildman–Crippen LogP) is 4.86. The minimum Gasteiger partial charge on any atom is -0.321 e. The van der Waals surface area contributed by atoms with E-state index in [9.17, 15) is 31.5 Å². The maximum absolute atomic E-state index is 14.1. The lowest BCUT2D eigenvalue weighted by atomic mass is 10.1. The van der Waals surface area contributed by atoms with Crippen LogP contribution in [-0.4, -0.2) is 70.7 Å². The fraction of sp³-hybridized carbons (Fsp3) is 0.440. The molecule has 0 aliphatic carbocycles. The molecule has 3 amide bonds. The van der Waals surface area contributed by atoms with Crippen LogP contribution in [0.3, 0.4) is 0 Å². The fourth-order valence-electron chi connectivity index (χ4n) is 4.45. The quantitative estimate of drug-likeness (QED) is 0.220. The zero-order valence-electron chi connectivity index (χ0n) is 20.9. The highest BCUT2D eigenvalue weighted by molar-refractivity contribution is 7.16. The maximum atomic E-state index is 14.1. The molecule has 3 rings (SSSR count). The molecule has 0 radical (unpaired) electrons. The van der Waals surface area contributed by atoms with E-state index < -0.39 is 54.4 Å². The highest BCUT2D eigenvalue weighted by Gasteiger charge is 2.39. The number of hydrogen-bond donors (Lipinski definition) is 2. The Bertz CT molecular complexity index is 1120. The lowest BCUT2D eigenvalue weighted by Gasteiger charge is -2.46. The highest BCUT2D eigenvalue weighted by atomic mass is 31.0. The van der Waals surface area contributed by atoms with Gasteiger partial charge in [-0.1, -0.05) is 18.2 Å². The molecule has 0 aromatic heterocycles. The largest absolute Gasteiger partial charge is 0.416 e. The van der Waals surface area contributed by atoms with Crippen molar-refractivity contribution < 1.29 is 36.7 Å². The summed E-state index contributed by atoms with van der Waals surface area (Å²) in [6, 6.07) is 8.85. The van der Waals surface area contributed by atoms with Crippen molar-refractivity contribution in [3.05, 3.63) is 65.2 Å². The molecule has 1 fully saturated rings. The van der Waals surface area contributed by atoms with E-state index >= 15 is 0 Å². The number of nitrogens with one attached hydrogen (secondary N) is 1. The van der Waals surface area contributed by atoms with Crippen molar-refractivity contribution >= 4 is 26.9 Å². The van der Waals surface area contributed by atoms with Crippen LogP contribution in [0.25, 0.3) is 0 Å². The van der Waals surface area contributed by atoms with Crippen molar-refractivity contribution in [2.75, 3.05) is 30.7 Å². The summed E-state index contributed by atoms with van der Waals surface area (Å²) in [6.07, 6.45) is -5.02. The minimum atomic E-state index is -4.62. The Morgan fingerprint density at radius 2 is 1.66 bits per heavy atom. The molecule has 0 spiro atoms. The van der Waals surface area contributed by atoms with Gasteiger partial charge < -0.3 is 4.90 Å². The molecule has 2 aromatic rings. The summed E-state index contributed by atoms with van der Waals surface area (Å²) < 4.78 is 68.5. The molecule has 1 aliphatic rings. The first kappa shape index (κ1) is 29.7. The normalized spacial score (nSPS) is 18.8. The average molecular weight is 561 g/mol. The van der Waals surface area contributed by atoms with E-state index in [2.05, 4.69) is 0 Å². The summed E-state index contributed by atoms with van der Waals surface area (Å²) in [5.74, 6) is -3.65. The van der Waals surface area contributed by atoms with Crippen molar-refractivity contribution in [3.8, 4) is 0 Å². The van der Waals surface area contributed by atoms with E-state index in [-0.39, 0.29) is 30.9 Å². The number of benzene rings is 2. The molecule has 0 saturated carbocycles. The first-order chi connectivity index (χ1) is 17.8. The fourth-order valence-corrected chi connectivity index (χ4v) is 4.58. The molecule has 38 heavy (non-hydrogen) atoms. The number of halogens is 5. The van der Waals surface area contributed by atoms with E-state index in [0.717, 1.165) is 12.1 Å². The molecule has 1 unspecified atom stereocenters. The number of carbonyl (C=O) groups is 2. The van der Waals surface area contributed by atoms with Crippen LogP contribution in [-0.2, 0) is 12.7 Å². The third kappa shape index (κ3) is 7.18. The summed E-state index contributed by atoms with van der Waals surface area (Å²) in [7, 11) is 2.04. The van der Waals surface area contributed by atoms with Gasteiger partial charge in [-0.05, 0) is 49.7 Å². The smallest absolute Gasteiger partial charge is 0.321 e. The van der Waals surface area contributed by atoms with Gasteiger partial charge in [0.05, 0.1) is 18.7 Å². The van der Waals surface area contributed by atoms with Crippen LogP contribution in [0, 0.1) is 0 Å². The summed E-state index contributed by atoms with van der Waals surface area (Å²) in [5, 5.41) is 8.80. The number of anilines is 1. The molecule has 208 valence electrons. The Kier molecular flexibility index (Phi) is 9.33. The summed E-state index contributed by atoms with van der Waals surface area (Å²) in [4.78, 5) is 29.6. The molecular formula is C25H30F5N4O3P. The Morgan fingerprint density at radius 3 is 2.18 bits per heavy atom. The number of rotatable bonds is 7. The summed E-state index contributed by atoms with van der Waals surface area (Å²) in [6.45, 7) is 3.10. The van der Waals surface area contributed by atoms with Crippen molar-refractivity contribution in [2.24, 2.45) is 0 Å². The summed E-state index contributed by atoms with van der Waals surface area (Å²) in [5.41, 5.74) is 1.27. The van der Waals surface area contributed by atoms with Gasteiger partial charge in [-0.2, -0.15) is 13.2 Å². The van der Waals surface area contributed by atoms with Crippen LogP contribution in [0.15, 0.2) is 48.5 Å². The van der Waals surface area contributed by atoms with Crippen molar-refractivity contribution in [1.29, 1.82) is 0 Å². The zero-order valence-corrected chi connectivity index (χ0v) is 22.0. The zero-order chi connectivity index (χ0) is 28.3. The maximum Gasteiger partial charge on any atom is 0.416 e. The monoisotopic (exact) mass is 560 g/mol. The van der Waals surface area contributed by atoms with E-state index in [1.165, 1.54) is 51.7 Å². The molecule has 3 atom stereocenters. The number of amides is 3. The third-order valence-electron chi connectivity index (χ3n) is 6.46. The standard InChI is InChI=1S/C25H30F5N4O3P/c1-16-11-32(12-17(2)34(16)14-24(26,27)15-38)23(36)33(21-5-3-4-20(10-21)25(28,29)30)13-18-6-8-19(9-7-18)22(35)31-37/h3-10,16-17,37H,11-15,38H2,1-2H3,(H,31,35)/t16-,17+. The lowest BCUT2D eigenvalue weighted by Crippen LogP contribution is -2.62. The highest BCUT2D eigenvalue weighted by Crippen LogP contribution is 2.33. The second-order valence-electron chi connectivity index (χ2n) is 9.39. The first-order valence-corrected chi connectivity index (χ1v) is 12.7. The Balaban J connectivity index is 1.91. The van der Waals surface area contributed by atoms with Crippen LogP contribution in [0.4, 0.5) is 32.4 Å². The van der Waals surface area contributed by atoms with Gasteiger partial charge in [0, 0.05) is 42.6 Å². The lowest BCUT2D eigenvalue weighted by molar-refractivity contribution is -0.137. The molecule has 0 bridgehead atoms. The van der Waals surface area contributed by atoms with Crippen LogP contribution in [0.1, 0.15) is 35.3 Å². The van der Waals surface area contributed by atoms with Crippen LogP contribution >= 0.6 is 9.24 Å². The second kappa shape index (κ2) is 11.9. The van der Waals surface area contributed by atoms with Crippen molar-refractivity contribution in [2.45, 2.75) is 44.6 Å². The van der Waals surface area contributed by atoms with Gasteiger partial charge in [-0.25, -0.2) is 19.1 Å². The van der Waals surface area contributed by atoms with Gasteiger partial charge in [-0.15, -0.1) is 9.24 Å². The molecule has 1 aliphatic heterocycles. The van der Waals surface area contributed by atoms with E-state index in [0.29, 0.717) is 5.56 Å². The molecule has 1 saturated heterocycles. The molecule has 2 N–H and O–H groups in total. The third-order valence-corrected chi connectivity index (χ3v) is 7.06. The second-order valence-corrected chi connectivity index (χ2v) is 9.80. The topological polar surface area (TPSA) is 76.1 Å². The molecule has 7 nitrogen and oxygen atoms in total. The van der Waals surface area contributed by atoms with Gasteiger partial charge >= 0.3 is 12.2 Å². The average Bonchev–Trinajstić information content (AvgIpc) is 2.88. The number of carbonyl (C=O) groups excluding carboxylic acids is 2. The molecular weight excluding hydrogens is 530 g/mol. The Hall–Kier alpha value is -2.82. The number of hydroxylamine groups is 1. The van der Waals surface area contributed by atoms with E-state index in [4.69, 9.17) is 5.21 Å². The van der Waals surface area contributed by atoms with Gasteiger partial charge in [0.15, 0.2) is 0 Å². The van der Waals surface area contributed by atoms with Gasteiger partial charge in [0.1, 0.15) is 0 Å². The number of alkyl halides is 5.